The Morgan fingerprint density at radius 2 is 1.93 bits per heavy atom. The molecule has 2 unspecified atom stereocenters. The Balaban J connectivity index is 2.26. The van der Waals surface area contributed by atoms with Gasteiger partial charge in [-0.3, -0.25) is 0 Å². The summed E-state index contributed by atoms with van der Waals surface area (Å²) in [6, 6.07) is 5.28. The molecule has 7 heteroatoms. The van der Waals surface area contributed by atoms with Gasteiger partial charge in [0.1, 0.15) is 16.1 Å². The Bertz CT molecular complexity index is 742. The van der Waals surface area contributed by atoms with E-state index in [1.807, 2.05) is 47.6 Å². The first-order valence-corrected chi connectivity index (χ1v) is 11.9. The fourth-order valence-electron chi connectivity index (χ4n) is 4.11. The van der Waals surface area contributed by atoms with E-state index in [1.54, 1.807) is 12.1 Å². The molecule has 0 spiro atoms. The van der Waals surface area contributed by atoms with Crippen LogP contribution in [0, 0.1) is 5.41 Å². The minimum Gasteiger partial charge on any atom is -0.598 e. The number of amides is 1. The van der Waals surface area contributed by atoms with Crippen molar-refractivity contribution in [1.29, 1.82) is 0 Å². The number of phenolic OH excluding ortho intramolecular Hbond substituents is 1. The molecule has 3 N–H and O–H groups in total. The predicted molar refractivity (Wildman–Crippen MR) is 122 cm³/mol. The lowest BCUT2D eigenvalue weighted by molar-refractivity contribution is 0.0515. The van der Waals surface area contributed by atoms with E-state index in [2.05, 4.69) is 17.0 Å². The molecule has 0 aliphatic heterocycles. The van der Waals surface area contributed by atoms with Crippen LogP contribution in [-0.4, -0.2) is 32.6 Å². The molecule has 0 heterocycles. The van der Waals surface area contributed by atoms with Crippen LogP contribution in [0.3, 0.4) is 0 Å². The van der Waals surface area contributed by atoms with Gasteiger partial charge in [-0.25, -0.2) is 4.79 Å². The van der Waals surface area contributed by atoms with Crippen molar-refractivity contribution in [3.63, 3.8) is 0 Å². The first-order chi connectivity index (χ1) is 13.8. The maximum atomic E-state index is 13.0. The Morgan fingerprint density at radius 1 is 1.27 bits per heavy atom. The largest absolute Gasteiger partial charge is 0.598 e. The highest BCUT2D eigenvalue weighted by Gasteiger charge is 2.48. The standard InChI is InChI=1S/C23H38N2O4S/c1-8-11-23(12-13-24-20(27)29-21(2,3)4)15-16-9-10-17(26)14-18(16)19(23)25-30(28)22(5,6)7/h9-10,14,19,25-26H,8,11-13,15H2,1-7H3,(H,24,27)/t19-,23?,30?/m1/s1. The van der Waals surface area contributed by atoms with Gasteiger partial charge in [0, 0.05) is 17.9 Å². The number of benzene rings is 1. The van der Waals surface area contributed by atoms with E-state index in [0.29, 0.717) is 13.0 Å². The summed E-state index contributed by atoms with van der Waals surface area (Å²) in [4.78, 5) is 12.1. The normalized spacial score (nSPS) is 22.5. The molecule has 1 aromatic carbocycles. The molecule has 2 rings (SSSR count). The predicted octanol–water partition coefficient (Wildman–Crippen LogP) is 4.74. The highest BCUT2D eigenvalue weighted by atomic mass is 32.2. The van der Waals surface area contributed by atoms with Gasteiger partial charge in [0.25, 0.3) is 0 Å². The van der Waals surface area contributed by atoms with Crippen LogP contribution in [0.25, 0.3) is 0 Å². The van der Waals surface area contributed by atoms with E-state index in [1.165, 1.54) is 0 Å². The number of fused-ring (bicyclic) bond motifs is 1. The van der Waals surface area contributed by atoms with Crippen LogP contribution < -0.4 is 10.0 Å². The SMILES string of the molecule is CCCC1(CCNC(=O)OC(C)(C)C)Cc2ccc(O)cc2[C@H]1N[S+]([O-])C(C)(C)C. The summed E-state index contributed by atoms with van der Waals surface area (Å²) >= 11 is -1.26. The number of phenols is 1. The van der Waals surface area contributed by atoms with E-state index >= 15 is 0 Å². The third-order valence-corrected chi connectivity index (χ3v) is 6.98. The number of carbonyl (C=O) groups excluding carboxylic acids is 1. The smallest absolute Gasteiger partial charge is 0.407 e. The molecule has 30 heavy (non-hydrogen) atoms. The zero-order chi connectivity index (χ0) is 22.7. The van der Waals surface area contributed by atoms with E-state index in [0.717, 1.165) is 30.4 Å². The van der Waals surface area contributed by atoms with Crippen LogP contribution in [0.4, 0.5) is 4.79 Å². The van der Waals surface area contributed by atoms with E-state index in [4.69, 9.17) is 4.74 Å². The zero-order valence-electron chi connectivity index (χ0n) is 19.4. The molecule has 3 atom stereocenters. The second kappa shape index (κ2) is 9.37. The molecule has 170 valence electrons. The van der Waals surface area contributed by atoms with Crippen molar-refractivity contribution in [1.82, 2.24) is 10.0 Å². The molecule has 0 saturated carbocycles. The van der Waals surface area contributed by atoms with Crippen LogP contribution in [0.2, 0.25) is 0 Å². The van der Waals surface area contributed by atoms with Crippen LogP contribution in [-0.2, 0) is 22.5 Å². The summed E-state index contributed by atoms with van der Waals surface area (Å²) < 4.78 is 21.3. The second-order valence-corrected chi connectivity index (χ2v) is 12.3. The van der Waals surface area contributed by atoms with Crippen molar-refractivity contribution in [2.24, 2.45) is 5.41 Å². The Hall–Kier alpha value is -1.44. The van der Waals surface area contributed by atoms with Gasteiger partial charge in [-0.15, -0.1) is 4.72 Å². The van der Waals surface area contributed by atoms with E-state index < -0.39 is 27.8 Å². The number of aromatic hydroxyl groups is 1. The van der Waals surface area contributed by atoms with Crippen molar-refractivity contribution in [2.45, 2.75) is 90.5 Å². The number of hydrogen-bond donors (Lipinski definition) is 3. The second-order valence-electron chi connectivity index (χ2n) is 10.3. The van der Waals surface area contributed by atoms with Gasteiger partial charge < -0.3 is 19.7 Å². The Kier molecular flexibility index (Phi) is 7.75. The number of hydrogen-bond acceptors (Lipinski definition) is 5. The lowest BCUT2D eigenvalue weighted by Crippen LogP contribution is -2.46. The molecule has 0 bridgehead atoms. The van der Waals surface area contributed by atoms with Crippen molar-refractivity contribution in [2.75, 3.05) is 6.54 Å². The Morgan fingerprint density at radius 3 is 2.50 bits per heavy atom. The van der Waals surface area contributed by atoms with Gasteiger partial charge in [-0.2, -0.15) is 0 Å². The molecule has 1 amide bonds. The first-order valence-electron chi connectivity index (χ1n) is 10.7. The third-order valence-electron chi connectivity index (χ3n) is 5.42. The topological polar surface area (TPSA) is 93.7 Å². The lowest BCUT2D eigenvalue weighted by atomic mass is 9.74. The first kappa shape index (κ1) is 24.8. The minimum atomic E-state index is -1.26. The zero-order valence-corrected chi connectivity index (χ0v) is 20.2. The fraction of sp³-hybridized carbons (Fsp3) is 0.696. The van der Waals surface area contributed by atoms with Crippen molar-refractivity contribution in [3.05, 3.63) is 29.3 Å². The highest BCUT2D eigenvalue weighted by molar-refractivity contribution is 7.90. The van der Waals surface area contributed by atoms with E-state index in [-0.39, 0.29) is 17.2 Å². The molecular formula is C23H38N2O4S. The summed E-state index contributed by atoms with van der Waals surface area (Å²) in [6.07, 6.45) is 2.98. The molecule has 0 radical (unpaired) electrons. The maximum absolute atomic E-state index is 13.0. The number of alkyl carbamates (subject to hydrolysis) is 1. The summed E-state index contributed by atoms with van der Waals surface area (Å²) in [6.45, 7) is 14.0. The summed E-state index contributed by atoms with van der Waals surface area (Å²) in [7, 11) is 0. The monoisotopic (exact) mass is 438 g/mol. The molecule has 6 nitrogen and oxygen atoms in total. The van der Waals surface area contributed by atoms with E-state index in [9.17, 15) is 14.5 Å². The molecular weight excluding hydrogens is 400 g/mol. The Labute approximate surface area is 184 Å². The molecule has 0 saturated heterocycles. The average molecular weight is 439 g/mol. The van der Waals surface area contributed by atoms with Crippen LogP contribution >= 0.6 is 0 Å². The van der Waals surface area contributed by atoms with Gasteiger partial charge in [-0.1, -0.05) is 19.4 Å². The highest BCUT2D eigenvalue weighted by Crippen LogP contribution is 2.52. The number of ether oxygens (including phenoxy) is 1. The van der Waals surface area contributed by atoms with Crippen molar-refractivity contribution in [3.8, 4) is 5.75 Å². The summed E-state index contributed by atoms with van der Waals surface area (Å²) in [5, 5.41) is 13.0. The molecule has 1 aliphatic carbocycles. The van der Waals surface area contributed by atoms with Crippen LogP contribution in [0.1, 0.15) is 84.9 Å². The fourth-order valence-corrected chi connectivity index (χ4v) is 5.06. The third kappa shape index (κ3) is 6.28. The molecule has 0 aromatic heterocycles. The van der Waals surface area contributed by atoms with Crippen molar-refractivity contribution >= 4 is 17.5 Å². The molecule has 1 aromatic rings. The quantitative estimate of drug-likeness (QED) is 0.535. The van der Waals surface area contributed by atoms with Crippen molar-refractivity contribution < 1.29 is 19.2 Å². The van der Waals surface area contributed by atoms with Gasteiger partial charge in [0.15, 0.2) is 0 Å². The summed E-state index contributed by atoms with van der Waals surface area (Å²) in [5.41, 5.74) is 1.40. The number of carbonyl (C=O) groups is 1. The molecule has 0 fully saturated rings. The summed E-state index contributed by atoms with van der Waals surface area (Å²) in [5.74, 6) is 0.210. The molecule has 1 aliphatic rings. The van der Waals surface area contributed by atoms with Gasteiger partial charge >= 0.3 is 6.09 Å². The van der Waals surface area contributed by atoms with Gasteiger partial charge in [0.05, 0.1) is 6.04 Å². The van der Waals surface area contributed by atoms with Gasteiger partial charge in [0.2, 0.25) is 0 Å². The lowest BCUT2D eigenvalue weighted by Gasteiger charge is -2.38. The van der Waals surface area contributed by atoms with Crippen LogP contribution in [0.5, 0.6) is 5.75 Å². The average Bonchev–Trinajstić information content (AvgIpc) is 2.86. The number of rotatable bonds is 7. The minimum absolute atomic E-state index is 0.167. The van der Waals surface area contributed by atoms with Gasteiger partial charge in [-0.05, 0) is 89.5 Å². The number of nitrogens with one attached hydrogen (secondary N) is 2. The maximum Gasteiger partial charge on any atom is 0.407 e. The van der Waals surface area contributed by atoms with Crippen LogP contribution in [0.15, 0.2) is 18.2 Å².